The van der Waals surface area contributed by atoms with Crippen molar-refractivity contribution in [2.45, 2.75) is 0 Å². The van der Waals surface area contributed by atoms with Crippen LogP contribution in [0.1, 0.15) is 0 Å². The highest BCUT2D eigenvalue weighted by Crippen LogP contribution is 2.24. The Kier molecular flexibility index (Phi) is 3.62. The molecule has 5 heteroatoms. The van der Waals surface area contributed by atoms with Gasteiger partial charge in [-0.3, -0.25) is 4.98 Å². The van der Waals surface area contributed by atoms with E-state index in [4.69, 9.17) is 4.74 Å². The molecular formula is C13H16N4O. The van der Waals surface area contributed by atoms with Gasteiger partial charge in [-0.1, -0.05) is 6.07 Å². The van der Waals surface area contributed by atoms with Crippen LogP contribution in [0.15, 0.2) is 36.7 Å². The van der Waals surface area contributed by atoms with Gasteiger partial charge in [0.1, 0.15) is 11.6 Å². The number of nitrogens with zero attached hydrogens (tertiary/aromatic N) is 3. The lowest BCUT2D eigenvalue weighted by Crippen LogP contribution is -2.08. The number of hydrogen-bond acceptors (Lipinski definition) is 5. The Labute approximate surface area is 106 Å². The molecule has 0 unspecified atom stereocenters. The van der Waals surface area contributed by atoms with Crippen LogP contribution in [-0.2, 0) is 0 Å². The molecule has 0 aliphatic heterocycles. The molecule has 0 aliphatic rings. The van der Waals surface area contributed by atoms with Gasteiger partial charge in [-0.05, 0) is 12.1 Å². The number of rotatable bonds is 4. The number of ether oxygens (including phenoxy) is 1. The molecule has 0 saturated carbocycles. The minimum absolute atomic E-state index is 0.470. The summed E-state index contributed by atoms with van der Waals surface area (Å²) in [6.45, 7) is 0. The summed E-state index contributed by atoms with van der Waals surface area (Å²) in [6.07, 6.45) is 3.23. The van der Waals surface area contributed by atoms with Crippen molar-refractivity contribution in [3.05, 3.63) is 36.7 Å². The summed E-state index contributed by atoms with van der Waals surface area (Å²) in [5.74, 6) is 1.89. The SMILES string of the molecule is CNc1cncc(Oc2cccc(N(C)C)c2)n1. The Balaban J connectivity index is 2.20. The van der Waals surface area contributed by atoms with E-state index in [2.05, 4.69) is 15.3 Å². The fourth-order valence-electron chi connectivity index (χ4n) is 1.46. The molecule has 0 aliphatic carbocycles. The van der Waals surface area contributed by atoms with Gasteiger partial charge in [0.15, 0.2) is 0 Å². The van der Waals surface area contributed by atoms with Crippen LogP contribution in [0.5, 0.6) is 11.6 Å². The fourth-order valence-corrected chi connectivity index (χ4v) is 1.46. The van der Waals surface area contributed by atoms with E-state index in [1.165, 1.54) is 0 Å². The van der Waals surface area contributed by atoms with Crippen LogP contribution in [0, 0.1) is 0 Å². The summed E-state index contributed by atoms with van der Waals surface area (Å²) in [5, 5.41) is 2.92. The van der Waals surface area contributed by atoms with Crippen LogP contribution in [0.4, 0.5) is 11.5 Å². The van der Waals surface area contributed by atoms with Gasteiger partial charge < -0.3 is 15.0 Å². The molecule has 0 fully saturated rings. The van der Waals surface area contributed by atoms with Gasteiger partial charge in [0.25, 0.3) is 0 Å². The van der Waals surface area contributed by atoms with Crippen LogP contribution >= 0.6 is 0 Å². The highest BCUT2D eigenvalue weighted by Gasteiger charge is 2.02. The maximum atomic E-state index is 5.67. The summed E-state index contributed by atoms with van der Waals surface area (Å²) in [7, 11) is 5.77. The van der Waals surface area contributed by atoms with Crippen LogP contribution in [0.3, 0.4) is 0 Å². The number of benzene rings is 1. The third kappa shape index (κ3) is 2.88. The monoisotopic (exact) mass is 244 g/mol. The van der Waals surface area contributed by atoms with Gasteiger partial charge in [-0.2, -0.15) is 4.98 Å². The van der Waals surface area contributed by atoms with Crippen molar-refractivity contribution in [1.29, 1.82) is 0 Å². The molecule has 18 heavy (non-hydrogen) atoms. The summed E-state index contributed by atoms with van der Waals surface area (Å²) in [5.41, 5.74) is 1.07. The van der Waals surface area contributed by atoms with Gasteiger partial charge in [-0.25, -0.2) is 0 Å². The zero-order valence-electron chi connectivity index (χ0n) is 10.7. The van der Waals surface area contributed by atoms with Crippen molar-refractivity contribution in [1.82, 2.24) is 9.97 Å². The molecule has 0 amide bonds. The third-order valence-electron chi connectivity index (χ3n) is 2.43. The Morgan fingerprint density at radius 3 is 2.78 bits per heavy atom. The van der Waals surface area contributed by atoms with E-state index in [0.717, 1.165) is 11.4 Å². The normalized spacial score (nSPS) is 9.94. The van der Waals surface area contributed by atoms with Crippen molar-refractivity contribution in [3.8, 4) is 11.6 Å². The molecule has 1 heterocycles. The van der Waals surface area contributed by atoms with Crippen molar-refractivity contribution < 1.29 is 4.74 Å². The zero-order chi connectivity index (χ0) is 13.0. The molecule has 0 saturated heterocycles. The number of anilines is 2. The Hall–Kier alpha value is -2.30. The number of aromatic nitrogens is 2. The fraction of sp³-hybridized carbons (Fsp3) is 0.231. The van der Waals surface area contributed by atoms with E-state index in [1.54, 1.807) is 19.4 Å². The molecular weight excluding hydrogens is 228 g/mol. The highest BCUT2D eigenvalue weighted by molar-refractivity contribution is 5.50. The minimum Gasteiger partial charge on any atom is -0.437 e. The highest BCUT2D eigenvalue weighted by atomic mass is 16.5. The first-order valence-corrected chi connectivity index (χ1v) is 5.64. The first-order valence-electron chi connectivity index (χ1n) is 5.64. The smallest absolute Gasteiger partial charge is 0.239 e. The first kappa shape index (κ1) is 12.2. The van der Waals surface area contributed by atoms with Crippen molar-refractivity contribution in [2.75, 3.05) is 31.4 Å². The molecule has 5 nitrogen and oxygen atoms in total. The molecule has 94 valence electrons. The molecule has 2 rings (SSSR count). The Morgan fingerprint density at radius 2 is 2.06 bits per heavy atom. The van der Waals surface area contributed by atoms with Gasteiger partial charge in [0, 0.05) is 32.9 Å². The van der Waals surface area contributed by atoms with Crippen LogP contribution in [0.2, 0.25) is 0 Å². The standard InChI is InChI=1S/C13H16N4O/c1-14-12-8-15-9-13(16-12)18-11-6-4-5-10(7-11)17(2)3/h4-9H,1-3H3,(H,14,16). The topological polar surface area (TPSA) is 50.3 Å². The predicted molar refractivity (Wildman–Crippen MR) is 72.4 cm³/mol. The average Bonchev–Trinajstić information content (AvgIpc) is 2.39. The van der Waals surface area contributed by atoms with Gasteiger partial charge in [-0.15, -0.1) is 0 Å². The minimum atomic E-state index is 0.470. The summed E-state index contributed by atoms with van der Waals surface area (Å²) in [4.78, 5) is 10.3. The Morgan fingerprint density at radius 1 is 1.22 bits per heavy atom. The second-order valence-electron chi connectivity index (χ2n) is 3.99. The second-order valence-corrected chi connectivity index (χ2v) is 3.99. The van der Waals surface area contributed by atoms with E-state index in [1.807, 2.05) is 43.3 Å². The quantitative estimate of drug-likeness (QED) is 0.894. The lowest BCUT2D eigenvalue weighted by molar-refractivity contribution is 0.461. The summed E-state index contributed by atoms with van der Waals surface area (Å²) < 4.78 is 5.67. The van der Waals surface area contributed by atoms with Crippen molar-refractivity contribution in [2.24, 2.45) is 0 Å². The lowest BCUT2D eigenvalue weighted by atomic mass is 10.3. The molecule has 0 spiro atoms. The predicted octanol–water partition coefficient (Wildman–Crippen LogP) is 2.38. The van der Waals surface area contributed by atoms with E-state index in [-0.39, 0.29) is 0 Å². The molecule has 1 aromatic heterocycles. The van der Waals surface area contributed by atoms with Gasteiger partial charge in [0.2, 0.25) is 5.88 Å². The van der Waals surface area contributed by atoms with Crippen molar-refractivity contribution in [3.63, 3.8) is 0 Å². The van der Waals surface area contributed by atoms with E-state index in [0.29, 0.717) is 11.7 Å². The van der Waals surface area contributed by atoms with E-state index in [9.17, 15) is 0 Å². The lowest BCUT2D eigenvalue weighted by Gasteiger charge is -2.13. The maximum Gasteiger partial charge on any atom is 0.239 e. The number of hydrogen-bond donors (Lipinski definition) is 1. The maximum absolute atomic E-state index is 5.67. The summed E-state index contributed by atoms with van der Waals surface area (Å²) >= 11 is 0. The summed E-state index contributed by atoms with van der Waals surface area (Å²) in [6, 6.07) is 7.80. The van der Waals surface area contributed by atoms with Gasteiger partial charge in [0.05, 0.1) is 12.4 Å². The second kappa shape index (κ2) is 5.35. The number of nitrogens with one attached hydrogen (secondary N) is 1. The average molecular weight is 244 g/mol. The molecule has 2 aromatic rings. The Bertz CT molecular complexity index is 528. The molecule has 0 atom stereocenters. The molecule has 0 radical (unpaired) electrons. The van der Waals surface area contributed by atoms with Gasteiger partial charge >= 0.3 is 0 Å². The third-order valence-corrected chi connectivity index (χ3v) is 2.43. The van der Waals surface area contributed by atoms with E-state index >= 15 is 0 Å². The molecule has 1 N–H and O–H groups in total. The zero-order valence-corrected chi connectivity index (χ0v) is 10.7. The largest absolute Gasteiger partial charge is 0.437 e. The molecule has 1 aromatic carbocycles. The van der Waals surface area contributed by atoms with Crippen LogP contribution < -0.4 is 15.0 Å². The first-order chi connectivity index (χ1) is 8.69. The van der Waals surface area contributed by atoms with Crippen LogP contribution in [-0.4, -0.2) is 31.1 Å². The van der Waals surface area contributed by atoms with Crippen molar-refractivity contribution >= 4 is 11.5 Å². The van der Waals surface area contributed by atoms with E-state index < -0.39 is 0 Å². The van der Waals surface area contributed by atoms with Crippen LogP contribution in [0.25, 0.3) is 0 Å². The molecule has 0 bridgehead atoms.